The van der Waals surface area contributed by atoms with Crippen LogP contribution in [0.2, 0.25) is 0 Å². The molecule has 17 heavy (non-hydrogen) atoms. The van der Waals surface area contributed by atoms with Gasteiger partial charge in [-0.3, -0.25) is 4.79 Å². The lowest BCUT2D eigenvalue weighted by molar-refractivity contribution is -0.134. The van der Waals surface area contributed by atoms with Gasteiger partial charge in [0, 0.05) is 25.7 Å². The fourth-order valence-corrected chi connectivity index (χ4v) is 2.23. The highest BCUT2D eigenvalue weighted by Gasteiger charge is 2.22. The maximum Gasteiger partial charge on any atom is 0.239 e. The van der Waals surface area contributed by atoms with Crippen molar-refractivity contribution in [3.05, 3.63) is 0 Å². The van der Waals surface area contributed by atoms with Crippen LogP contribution in [0.25, 0.3) is 0 Å². The van der Waals surface area contributed by atoms with E-state index in [0.717, 1.165) is 32.5 Å². The number of carbonyl (C=O) groups excluding carboxylic acids is 1. The largest absolute Gasteiger partial charge is 0.380 e. The molecule has 0 spiro atoms. The second kappa shape index (κ2) is 7.67. The number of ether oxygens (including phenoxy) is 1. The summed E-state index contributed by atoms with van der Waals surface area (Å²) >= 11 is 0. The molecule has 1 aliphatic heterocycles. The number of hydrogen-bond donors (Lipinski definition) is 1. The Hall–Kier alpha value is -0.610. The molecule has 0 saturated carbocycles. The summed E-state index contributed by atoms with van der Waals surface area (Å²) in [6.45, 7) is 9.20. The number of carbonyl (C=O) groups is 1. The summed E-state index contributed by atoms with van der Waals surface area (Å²) in [5, 5.41) is 3.30. The topological polar surface area (TPSA) is 41.6 Å². The minimum absolute atomic E-state index is 0.108. The highest BCUT2D eigenvalue weighted by atomic mass is 16.5. The van der Waals surface area contributed by atoms with E-state index in [1.165, 1.54) is 6.42 Å². The molecule has 1 amide bonds. The van der Waals surface area contributed by atoms with E-state index >= 15 is 0 Å². The summed E-state index contributed by atoms with van der Waals surface area (Å²) in [7, 11) is 0. The van der Waals surface area contributed by atoms with Gasteiger partial charge in [0.2, 0.25) is 5.91 Å². The third-order valence-corrected chi connectivity index (χ3v) is 3.14. The second-order valence-electron chi connectivity index (χ2n) is 4.83. The summed E-state index contributed by atoms with van der Waals surface area (Å²) in [5.74, 6) is 0.230. The first-order chi connectivity index (χ1) is 8.15. The molecular formula is C13H26N2O2. The molecule has 1 rings (SSSR count). The molecule has 0 bridgehead atoms. The summed E-state index contributed by atoms with van der Waals surface area (Å²) in [6, 6.07) is 0.113. The second-order valence-corrected chi connectivity index (χ2v) is 4.83. The smallest absolute Gasteiger partial charge is 0.239 e. The zero-order chi connectivity index (χ0) is 12.7. The van der Waals surface area contributed by atoms with E-state index in [1.807, 2.05) is 18.7 Å². The van der Waals surface area contributed by atoms with Crippen molar-refractivity contribution in [3.8, 4) is 0 Å². The number of amides is 1. The SMILES string of the molecule is CCOCC(C)NC(C)C(=O)N1CCCCC1. The average Bonchev–Trinajstić information content (AvgIpc) is 2.36. The highest BCUT2D eigenvalue weighted by molar-refractivity contribution is 5.81. The van der Waals surface area contributed by atoms with Gasteiger partial charge in [0.1, 0.15) is 0 Å². The van der Waals surface area contributed by atoms with Gasteiger partial charge in [-0.25, -0.2) is 0 Å². The van der Waals surface area contributed by atoms with E-state index in [2.05, 4.69) is 12.2 Å². The lowest BCUT2D eigenvalue weighted by Gasteiger charge is -2.30. The van der Waals surface area contributed by atoms with E-state index < -0.39 is 0 Å². The van der Waals surface area contributed by atoms with Crippen LogP contribution in [0.3, 0.4) is 0 Å². The van der Waals surface area contributed by atoms with E-state index in [4.69, 9.17) is 4.74 Å². The molecule has 4 nitrogen and oxygen atoms in total. The molecule has 2 unspecified atom stereocenters. The Morgan fingerprint density at radius 3 is 2.53 bits per heavy atom. The zero-order valence-electron chi connectivity index (χ0n) is 11.4. The first-order valence-corrected chi connectivity index (χ1v) is 6.77. The monoisotopic (exact) mass is 242 g/mol. The Balaban J connectivity index is 2.29. The number of nitrogens with zero attached hydrogens (tertiary/aromatic N) is 1. The summed E-state index contributed by atoms with van der Waals surface area (Å²) in [4.78, 5) is 14.1. The number of likely N-dealkylation sites (tertiary alicyclic amines) is 1. The fraction of sp³-hybridized carbons (Fsp3) is 0.923. The van der Waals surface area contributed by atoms with Crippen LogP contribution in [0, 0.1) is 0 Å². The molecular weight excluding hydrogens is 216 g/mol. The molecule has 1 heterocycles. The Bertz CT molecular complexity index is 227. The molecule has 2 atom stereocenters. The third kappa shape index (κ3) is 5.04. The van der Waals surface area contributed by atoms with Crippen LogP contribution in [0.15, 0.2) is 0 Å². The molecule has 0 aromatic heterocycles. The molecule has 0 aromatic carbocycles. The van der Waals surface area contributed by atoms with Crippen LogP contribution in [0.5, 0.6) is 0 Å². The van der Waals surface area contributed by atoms with E-state index in [9.17, 15) is 4.79 Å². The predicted molar refractivity (Wildman–Crippen MR) is 69.0 cm³/mol. The van der Waals surface area contributed by atoms with Crippen molar-refractivity contribution in [1.29, 1.82) is 0 Å². The lowest BCUT2D eigenvalue weighted by atomic mass is 10.1. The van der Waals surface area contributed by atoms with Crippen LogP contribution in [-0.4, -0.2) is 49.2 Å². The normalized spacial score (nSPS) is 20.1. The Labute approximate surface area is 105 Å². The van der Waals surface area contributed by atoms with E-state index in [-0.39, 0.29) is 18.0 Å². The number of nitrogens with one attached hydrogen (secondary N) is 1. The lowest BCUT2D eigenvalue weighted by Crippen LogP contribution is -2.50. The summed E-state index contributed by atoms with van der Waals surface area (Å²) in [6.07, 6.45) is 3.55. The van der Waals surface area contributed by atoms with Crippen molar-refractivity contribution in [1.82, 2.24) is 10.2 Å². The standard InChI is InChI=1S/C13H26N2O2/c1-4-17-10-11(2)14-12(3)13(16)15-8-6-5-7-9-15/h11-12,14H,4-10H2,1-3H3. The number of hydrogen-bond acceptors (Lipinski definition) is 3. The van der Waals surface area contributed by atoms with Gasteiger partial charge in [-0.1, -0.05) is 0 Å². The molecule has 100 valence electrons. The van der Waals surface area contributed by atoms with Crippen LogP contribution >= 0.6 is 0 Å². The summed E-state index contributed by atoms with van der Waals surface area (Å²) < 4.78 is 5.33. The van der Waals surface area contributed by atoms with E-state index in [1.54, 1.807) is 0 Å². The van der Waals surface area contributed by atoms with Gasteiger partial charge < -0.3 is 15.0 Å². The molecule has 1 saturated heterocycles. The van der Waals surface area contributed by atoms with Gasteiger partial charge >= 0.3 is 0 Å². The minimum Gasteiger partial charge on any atom is -0.380 e. The van der Waals surface area contributed by atoms with Crippen LogP contribution in [0.1, 0.15) is 40.0 Å². The van der Waals surface area contributed by atoms with Gasteiger partial charge in [-0.15, -0.1) is 0 Å². The molecule has 0 aromatic rings. The first kappa shape index (κ1) is 14.5. The van der Waals surface area contributed by atoms with Gasteiger partial charge in [0.25, 0.3) is 0 Å². The molecule has 1 fully saturated rings. The number of piperidine rings is 1. The molecule has 1 N–H and O–H groups in total. The molecule has 1 aliphatic rings. The maximum absolute atomic E-state index is 12.1. The number of rotatable bonds is 6. The van der Waals surface area contributed by atoms with Crippen LogP contribution in [-0.2, 0) is 9.53 Å². The summed E-state index contributed by atoms with van der Waals surface area (Å²) in [5.41, 5.74) is 0. The average molecular weight is 242 g/mol. The van der Waals surface area contributed by atoms with Crippen molar-refractivity contribution in [2.45, 2.75) is 52.1 Å². The quantitative estimate of drug-likeness (QED) is 0.765. The fourth-order valence-electron chi connectivity index (χ4n) is 2.23. The Morgan fingerprint density at radius 1 is 1.29 bits per heavy atom. The van der Waals surface area contributed by atoms with E-state index in [0.29, 0.717) is 6.61 Å². The van der Waals surface area contributed by atoms with Gasteiger partial charge in [0.15, 0.2) is 0 Å². The maximum atomic E-state index is 12.1. The third-order valence-electron chi connectivity index (χ3n) is 3.14. The van der Waals surface area contributed by atoms with Gasteiger partial charge in [-0.2, -0.15) is 0 Å². The Morgan fingerprint density at radius 2 is 1.94 bits per heavy atom. The van der Waals surface area contributed by atoms with Crippen LogP contribution in [0.4, 0.5) is 0 Å². The van der Waals surface area contributed by atoms with Gasteiger partial charge in [0.05, 0.1) is 12.6 Å². The Kier molecular flexibility index (Phi) is 6.52. The first-order valence-electron chi connectivity index (χ1n) is 6.77. The zero-order valence-corrected chi connectivity index (χ0v) is 11.4. The van der Waals surface area contributed by atoms with Crippen LogP contribution < -0.4 is 5.32 Å². The predicted octanol–water partition coefficient (Wildman–Crippen LogP) is 1.40. The van der Waals surface area contributed by atoms with Gasteiger partial charge in [-0.05, 0) is 40.0 Å². The van der Waals surface area contributed by atoms with Crippen molar-refractivity contribution in [3.63, 3.8) is 0 Å². The molecule has 4 heteroatoms. The minimum atomic E-state index is -0.108. The van der Waals surface area contributed by atoms with Crippen molar-refractivity contribution < 1.29 is 9.53 Å². The van der Waals surface area contributed by atoms with Crippen molar-refractivity contribution >= 4 is 5.91 Å². The van der Waals surface area contributed by atoms with Crippen molar-refractivity contribution in [2.24, 2.45) is 0 Å². The molecule has 0 radical (unpaired) electrons. The molecule has 0 aliphatic carbocycles. The van der Waals surface area contributed by atoms with Crippen molar-refractivity contribution in [2.75, 3.05) is 26.3 Å². The highest BCUT2D eigenvalue weighted by Crippen LogP contribution is 2.10.